The lowest BCUT2D eigenvalue weighted by Gasteiger charge is -2.19. The standard InChI is InChI=1S/C16H24N2O/c1-13(2)11-18(3)12-14-7-8-16(19-4)15(10-14)6-5-9-17/h7-8,10,13H,9,11-12,17H2,1-4H3. The molecule has 19 heavy (non-hydrogen) atoms. The highest BCUT2D eigenvalue weighted by molar-refractivity contribution is 5.48. The lowest BCUT2D eigenvalue weighted by molar-refractivity contribution is 0.288. The molecule has 0 unspecified atom stereocenters. The van der Waals surface area contributed by atoms with E-state index >= 15 is 0 Å². The summed E-state index contributed by atoms with van der Waals surface area (Å²) in [5.74, 6) is 7.40. The van der Waals surface area contributed by atoms with Crippen LogP contribution in [0, 0.1) is 17.8 Å². The molecule has 0 aliphatic carbocycles. The highest BCUT2D eigenvalue weighted by Gasteiger charge is 2.06. The fraction of sp³-hybridized carbons (Fsp3) is 0.500. The largest absolute Gasteiger partial charge is 0.495 e. The third-order valence-electron chi connectivity index (χ3n) is 2.72. The summed E-state index contributed by atoms with van der Waals surface area (Å²) in [6.45, 7) is 6.81. The fourth-order valence-corrected chi connectivity index (χ4v) is 2.10. The lowest BCUT2D eigenvalue weighted by Crippen LogP contribution is -2.22. The molecule has 1 aromatic rings. The summed E-state index contributed by atoms with van der Waals surface area (Å²) >= 11 is 0. The van der Waals surface area contributed by atoms with Crippen LogP contribution in [0.3, 0.4) is 0 Å². The number of methoxy groups -OCH3 is 1. The average molecular weight is 260 g/mol. The minimum Gasteiger partial charge on any atom is -0.495 e. The van der Waals surface area contributed by atoms with Gasteiger partial charge in [-0.1, -0.05) is 31.8 Å². The first kappa shape index (κ1) is 15.6. The number of ether oxygens (including phenoxy) is 1. The van der Waals surface area contributed by atoms with Crippen molar-refractivity contribution in [3.8, 4) is 17.6 Å². The maximum absolute atomic E-state index is 5.42. The SMILES string of the molecule is COc1ccc(CN(C)CC(C)C)cc1C#CCN. The maximum Gasteiger partial charge on any atom is 0.134 e. The molecule has 0 aliphatic heterocycles. The van der Waals surface area contributed by atoms with E-state index in [0.717, 1.165) is 24.4 Å². The van der Waals surface area contributed by atoms with Gasteiger partial charge in [-0.2, -0.15) is 0 Å². The van der Waals surface area contributed by atoms with E-state index in [-0.39, 0.29) is 0 Å². The zero-order chi connectivity index (χ0) is 14.3. The van der Waals surface area contributed by atoms with Crippen LogP contribution in [0.5, 0.6) is 5.75 Å². The summed E-state index contributed by atoms with van der Waals surface area (Å²) in [5, 5.41) is 0. The van der Waals surface area contributed by atoms with Gasteiger partial charge in [0.1, 0.15) is 5.75 Å². The molecule has 1 rings (SSSR count). The van der Waals surface area contributed by atoms with Crippen LogP contribution in [0.4, 0.5) is 0 Å². The molecule has 0 amide bonds. The summed E-state index contributed by atoms with van der Waals surface area (Å²) in [5.41, 5.74) is 7.57. The minimum atomic E-state index is 0.362. The van der Waals surface area contributed by atoms with Crippen molar-refractivity contribution in [2.75, 3.05) is 27.2 Å². The van der Waals surface area contributed by atoms with E-state index < -0.39 is 0 Å². The Kier molecular flexibility index (Phi) is 6.41. The van der Waals surface area contributed by atoms with Crippen molar-refractivity contribution in [3.63, 3.8) is 0 Å². The molecule has 3 nitrogen and oxygen atoms in total. The highest BCUT2D eigenvalue weighted by atomic mass is 16.5. The molecule has 0 heterocycles. The van der Waals surface area contributed by atoms with Gasteiger partial charge in [-0.05, 0) is 30.7 Å². The first-order valence-corrected chi connectivity index (χ1v) is 6.61. The van der Waals surface area contributed by atoms with Crippen LogP contribution in [0.1, 0.15) is 25.0 Å². The minimum absolute atomic E-state index is 0.362. The molecular formula is C16H24N2O. The van der Waals surface area contributed by atoms with Crippen LogP contribution < -0.4 is 10.5 Å². The van der Waals surface area contributed by atoms with Gasteiger partial charge >= 0.3 is 0 Å². The third-order valence-corrected chi connectivity index (χ3v) is 2.72. The number of nitrogens with zero attached hydrogens (tertiary/aromatic N) is 1. The van der Waals surface area contributed by atoms with E-state index in [2.05, 4.69) is 49.8 Å². The van der Waals surface area contributed by atoms with Gasteiger partial charge < -0.3 is 15.4 Å². The molecule has 104 valence electrons. The predicted molar refractivity (Wildman–Crippen MR) is 80.1 cm³/mol. The molecule has 0 spiro atoms. The van der Waals surface area contributed by atoms with Crippen LogP contribution in [0.2, 0.25) is 0 Å². The van der Waals surface area contributed by atoms with E-state index in [1.807, 2.05) is 6.07 Å². The van der Waals surface area contributed by atoms with Crippen LogP contribution >= 0.6 is 0 Å². The van der Waals surface area contributed by atoms with E-state index in [0.29, 0.717) is 12.5 Å². The molecule has 3 heteroatoms. The van der Waals surface area contributed by atoms with E-state index in [4.69, 9.17) is 10.5 Å². The second kappa shape index (κ2) is 7.83. The van der Waals surface area contributed by atoms with Crippen LogP contribution in [-0.4, -0.2) is 32.1 Å². The molecule has 0 aromatic heterocycles. The van der Waals surface area contributed by atoms with Crippen molar-refractivity contribution in [3.05, 3.63) is 29.3 Å². The molecule has 0 radical (unpaired) electrons. The quantitative estimate of drug-likeness (QED) is 0.824. The van der Waals surface area contributed by atoms with Gasteiger partial charge in [0, 0.05) is 13.1 Å². The molecule has 0 saturated heterocycles. The number of nitrogens with two attached hydrogens (primary N) is 1. The van der Waals surface area contributed by atoms with E-state index in [1.165, 1.54) is 5.56 Å². The monoisotopic (exact) mass is 260 g/mol. The van der Waals surface area contributed by atoms with Gasteiger partial charge in [-0.15, -0.1) is 0 Å². The Labute approximate surface area is 116 Å². The number of benzene rings is 1. The number of hydrogen-bond donors (Lipinski definition) is 1. The Bertz CT molecular complexity index is 458. The van der Waals surface area contributed by atoms with Gasteiger partial charge in [0.15, 0.2) is 0 Å². The average Bonchev–Trinajstić information content (AvgIpc) is 2.35. The smallest absolute Gasteiger partial charge is 0.134 e. The molecule has 0 bridgehead atoms. The normalized spacial score (nSPS) is 10.5. The Balaban J connectivity index is 2.85. The summed E-state index contributed by atoms with van der Waals surface area (Å²) in [6.07, 6.45) is 0. The summed E-state index contributed by atoms with van der Waals surface area (Å²) in [7, 11) is 3.79. The van der Waals surface area contributed by atoms with Gasteiger partial charge in [0.25, 0.3) is 0 Å². The Morgan fingerprint density at radius 2 is 2.11 bits per heavy atom. The summed E-state index contributed by atoms with van der Waals surface area (Å²) < 4.78 is 5.31. The second-order valence-electron chi connectivity index (χ2n) is 5.13. The number of hydrogen-bond acceptors (Lipinski definition) is 3. The van der Waals surface area contributed by atoms with E-state index in [9.17, 15) is 0 Å². The maximum atomic E-state index is 5.42. The Morgan fingerprint density at radius 1 is 1.37 bits per heavy atom. The van der Waals surface area contributed by atoms with Gasteiger partial charge in [0.05, 0.1) is 19.2 Å². The molecule has 0 fully saturated rings. The van der Waals surface area contributed by atoms with Gasteiger partial charge in [-0.25, -0.2) is 0 Å². The molecular weight excluding hydrogens is 236 g/mol. The van der Waals surface area contributed by atoms with Gasteiger partial charge in [0.2, 0.25) is 0 Å². The Morgan fingerprint density at radius 3 is 2.68 bits per heavy atom. The van der Waals surface area contributed by atoms with Crippen molar-refractivity contribution < 1.29 is 4.74 Å². The van der Waals surface area contributed by atoms with Crippen molar-refractivity contribution in [1.29, 1.82) is 0 Å². The molecule has 1 aromatic carbocycles. The predicted octanol–water partition coefficient (Wildman–Crippen LogP) is 2.09. The second-order valence-corrected chi connectivity index (χ2v) is 5.13. The van der Waals surface area contributed by atoms with Crippen molar-refractivity contribution in [1.82, 2.24) is 4.90 Å². The lowest BCUT2D eigenvalue weighted by atomic mass is 10.1. The highest BCUT2D eigenvalue weighted by Crippen LogP contribution is 2.19. The molecule has 0 atom stereocenters. The Hall–Kier alpha value is -1.50. The number of rotatable bonds is 5. The summed E-state index contributed by atoms with van der Waals surface area (Å²) in [6, 6.07) is 6.14. The van der Waals surface area contributed by atoms with Crippen LogP contribution in [0.15, 0.2) is 18.2 Å². The fourth-order valence-electron chi connectivity index (χ4n) is 2.10. The van der Waals surface area contributed by atoms with Crippen molar-refractivity contribution >= 4 is 0 Å². The molecule has 0 aliphatic rings. The zero-order valence-electron chi connectivity index (χ0n) is 12.4. The van der Waals surface area contributed by atoms with Crippen molar-refractivity contribution in [2.24, 2.45) is 11.7 Å². The van der Waals surface area contributed by atoms with E-state index in [1.54, 1.807) is 7.11 Å². The van der Waals surface area contributed by atoms with Crippen LogP contribution in [0.25, 0.3) is 0 Å². The summed E-state index contributed by atoms with van der Waals surface area (Å²) in [4.78, 5) is 2.31. The van der Waals surface area contributed by atoms with Crippen molar-refractivity contribution in [2.45, 2.75) is 20.4 Å². The first-order valence-electron chi connectivity index (χ1n) is 6.61. The topological polar surface area (TPSA) is 38.5 Å². The molecule has 0 saturated carbocycles. The third kappa shape index (κ3) is 5.34. The molecule has 2 N–H and O–H groups in total. The first-order chi connectivity index (χ1) is 9.06. The van der Waals surface area contributed by atoms with Gasteiger partial charge in [-0.3, -0.25) is 0 Å². The zero-order valence-corrected chi connectivity index (χ0v) is 12.4. The van der Waals surface area contributed by atoms with Crippen LogP contribution in [-0.2, 0) is 6.54 Å².